The lowest BCUT2D eigenvalue weighted by Crippen LogP contribution is -2.46. The minimum Gasteiger partial charge on any atom is -0.332 e. The zero-order valence-corrected chi connectivity index (χ0v) is 12.1. The maximum Gasteiger partial charge on any atom is 0.248 e. The number of carbonyl (C=O) groups is 1. The first-order chi connectivity index (χ1) is 10.1. The summed E-state index contributed by atoms with van der Waals surface area (Å²) in [6.45, 7) is 4.19. The van der Waals surface area contributed by atoms with E-state index in [1.54, 1.807) is 17.0 Å². The summed E-state index contributed by atoms with van der Waals surface area (Å²) in [7, 11) is 0. The maximum atomic E-state index is 11.7. The van der Waals surface area contributed by atoms with Crippen LogP contribution in [0, 0.1) is 6.92 Å². The lowest BCUT2D eigenvalue weighted by molar-refractivity contribution is -0.121. The minimum atomic E-state index is -0.311. The van der Waals surface area contributed by atoms with Crippen LogP contribution in [0.2, 0.25) is 0 Å². The van der Waals surface area contributed by atoms with Crippen LogP contribution in [0.4, 0.5) is 0 Å². The molecule has 1 aromatic carbocycles. The normalized spacial score (nSPS) is 19.4. The van der Waals surface area contributed by atoms with E-state index in [9.17, 15) is 4.79 Å². The first kappa shape index (κ1) is 13.4. The number of hydrogen-bond donors (Lipinski definition) is 1. The van der Waals surface area contributed by atoms with Crippen LogP contribution in [0.15, 0.2) is 55.0 Å². The van der Waals surface area contributed by atoms with Crippen molar-refractivity contribution in [2.24, 2.45) is 0 Å². The number of nitrogens with one attached hydrogen (secondary N) is 1. The van der Waals surface area contributed by atoms with Gasteiger partial charge in [-0.25, -0.2) is 4.68 Å². The van der Waals surface area contributed by atoms with E-state index in [4.69, 9.17) is 0 Å². The second kappa shape index (κ2) is 5.44. The van der Waals surface area contributed by atoms with E-state index in [0.717, 1.165) is 0 Å². The van der Waals surface area contributed by atoms with E-state index in [-0.39, 0.29) is 18.2 Å². The summed E-state index contributed by atoms with van der Waals surface area (Å²) in [6.07, 6.45) is 6.62. The number of rotatable bonds is 3. The molecule has 21 heavy (non-hydrogen) atoms. The molecule has 3 rings (SSSR count). The first-order valence-corrected chi connectivity index (χ1v) is 6.97. The van der Waals surface area contributed by atoms with Gasteiger partial charge in [0.25, 0.3) is 0 Å². The van der Waals surface area contributed by atoms with E-state index in [2.05, 4.69) is 53.4 Å². The minimum absolute atomic E-state index is 0.108. The molecule has 108 valence electrons. The van der Waals surface area contributed by atoms with Crippen LogP contribution in [0.1, 0.15) is 30.4 Å². The molecule has 0 saturated heterocycles. The summed E-state index contributed by atoms with van der Waals surface area (Å²) >= 11 is 0. The van der Waals surface area contributed by atoms with Crippen molar-refractivity contribution in [3.63, 3.8) is 0 Å². The van der Waals surface area contributed by atoms with Crippen molar-refractivity contribution in [1.82, 2.24) is 20.0 Å². The lowest BCUT2D eigenvalue weighted by atomic mass is 10.1. The zero-order chi connectivity index (χ0) is 14.8. The van der Waals surface area contributed by atoms with Crippen molar-refractivity contribution in [3.8, 4) is 0 Å². The summed E-state index contributed by atoms with van der Waals surface area (Å²) in [5, 5.41) is 7.17. The van der Waals surface area contributed by atoms with E-state index in [1.807, 2.05) is 18.5 Å². The molecule has 0 aliphatic carbocycles. The number of hydrogen-bond acceptors (Lipinski definition) is 3. The van der Waals surface area contributed by atoms with Gasteiger partial charge in [0, 0.05) is 24.7 Å². The van der Waals surface area contributed by atoms with Gasteiger partial charge in [-0.2, -0.15) is 5.10 Å². The van der Waals surface area contributed by atoms with Crippen molar-refractivity contribution < 1.29 is 4.79 Å². The van der Waals surface area contributed by atoms with Gasteiger partial charge in [-0.15, -0.1) is 0 Å². The molecule has 0 radical (unpaired) electrons. The topological polar surface area (TPSA) is 50.2 Å². The molecule has 1 aliphatic rings. The molecule has 1 aliphatic heterocycles. The number of aromatic nitrogens is 2. The Morgan fingerprint density at radius 1 is 1.29 bits per heavy atom. The first-order valence-electron chi connectivity index (χ1n) is 6.97. The molecule has 0 bridgehead atoms. The van der Waals surface area contributed by atoms with Crippen molar-refractivity contribution in [3.05, 3.63) is 66.1 Å². The average molecular weight is 282 g/mol. The van der Waals surface area contributed by atoms with Crippen LogP contribution in [-0.2, 0) is 4.79 Å². The number of benzene rings is 1. The fraction of sp³-hybridized carbons (Fsp3) is 0.250. The Morgan fingerprint density at radius 3 is 2.71 bits per heavy atom. The summed E-state index contributed by atoms with van der Waals surface area (Å²) < 4.78 is 1.74. The van der Waals surface area contributed by atoms with Crippen molar-refractivity contribution in [2.75, 3.05) is 0 Å². The van der Waals surface area contributed by atoms with Crippen LogP contribution in [0.3, 0.4) is 0 Å². The Hall–Kier alpha value is -2.56. The monoisotopic (exact) mass is 282 g/mol. The summed E-state index contributed by atoms with van der Waals surface area (Å²) in [4.78, 5) is 13.7. The summed E-state index contributed by atoms with van der Waals surface area (Å²) in [6, 6.07) is 10.4. The molecule has 5 heteroatoms. The molecule has 0 fully saturated rings. The third-order valence-electron chi connectivity index (χ3n) is 3.73. The summed E-state index contributed by atoms with van der Waals surface area (Å²) in [5.41, 5.74) is 2.43. The van der Waals surface area contributed by atoms with Crippen LogP contribution in [0.25, 0.3) is 0 Å². The van der Waals surface area contributed by atoms with Crippen LogP contribution >= 0.6 is 0 Å². The number of nitrogens with zero attached hydrogens (tertiary/aromatic N) is 3. The van der Waals surface area contributed by atoms with E-state index < -0.39 is 0 Å². The van der Waals surface area contributed by atoms with Gasteiger partial charge in [0.1, 0.15) is 0 Å². The highest BCUT2D eigenvalue weighted by atomic mass is 16.2. The van der Waals surface area contributed by atoms with Gasteiger partial charge in [-0.05, 0) is 25.5 Å². The molecule has 5 nitrogen and oxygen atoms in total. The number of carbonyl (C=O) groups excluding carboxylic acids is 1. The van der Waals surface area contributed by atoms with Gasteiger partial charge in [-0.3, -0.25) is 4.79 Å². The fourth-order valence-corrected chi connectivity index (χ4v) is 2.47. The van der Waals surface area contributed by atoms with Crippen molar-refractivity contribution in [1.29, 1.82) is 0 Å². The molecule has 1 N–H and O–H groups in total. The van der Waals surface area contributed by atoms with Gasteiger partial charge in [0.05, 0.1) is 6.04 Å². The molecule has 1 amide bonds. The smallest absolute Gasteiger partial charge is 0.248 e. The number of amides is 1. The second-order valence-electron chi connectivity index (χ2n) is 5.22. The average Bonchev–Trinajstić information content (AvgIpc) is 3.01. The van der Waals surface area contributed by atoms with Crippen LogP contribution < -0.4 is 5.32 Å². The molecule has 1 aromatic heterocycles. The molecule has 0 saturated carbocycles. The Labute approximate surface area is 123 Å². The predicted molar refractivity (Wildman–Crippen MR) is 80.0 cm³/mol. The highest BCUT2D eigenvalue weighted by Crippen LogP contribution is 2.27. The Kier molecular flexibility index (Phi) is 3.48. The van der Waals surface area contributed by atoms with Crippen molar-refractivity contribution >= 4 is 5.91 Å². The molecule has 1 unspecified atom stereocenters. The van der Waals surface area contributed by atoms with Gasteiger partial charge in [-0.1, -0.05) is 29.8 Å². The lowest BCUT2D eigenvalue weighted by Gasteiger charge is -2.38. The third-order valence-corrected chi connectivity index (χ3v) is 3.73. The third kappa shape index (κ3) is 2.67. The van der Waals surface area contributed by atoms with Crippen molar-refractivity contribution in [2.45, 2.75) is 26.2 Å². The van der Waals surface area contributed by atoms with Gasteiger partial charge < -0.3 is 10.2 Å². The molecule has 2 aromatic rings. The van der Waals surface area contributed by atoms with E-state index in [1.165, 1.54) is 11.1 Å². The molecule has 2 heterocycles. The summed E-state index contributed by atoms with van der Waals surface area (Å²) in [5.74, 6) is -0.108. The van der Waals surface area contributed by atoms with E-state index in [0.29, 0.717) is 0 Å². The standard InChI is InChI=1S/C16H18N4O/c1-12-4-6-14(7-5-12)13(2)19-11-8-15(21)18-16(19)20-10-3-9-17-20/h3-11,13,16H,1-2H3,(H,18,21)/t13-,16?/m1/s1. The largest absolute Gasteiger partial charge is 0.332 e. The highest BCUT2D eigenvalue weighted by Gasteiger charge is 2.27. The van der Waals surface area contributed by atoms with Crippen LogP contribution in [0.5, 0.6) is 0 Å². The molecular weight excluding hydrogens is 264 g/mol. The van der Waals surface area contributed by atoms with Gasteiger partial charge >= 0.3 is 0 Å². The predicted octanol–water partition coefficient (Wildman–Crippen LogP) is 2.35. The number of aryl methyl sites for hydroxylation is 1. The fourth-order valence-electron chi connectivity index (χ4n) is 2.47. The zero-order valence-electron chi connectivity index (χ0n) is 12.1. The molecular formula is C16H18N4O. The van der Waals surface area contributed by atoms with E-state index >= 15 is 0 Å². The Balaban J connectivity index is 1.92. The SMILES string of the molecule is Cc1ccc([C@@H](C)N2C=CC(=O)NC2n2cccn2)cc1. The maximum absolute atomic E-state index is 11.7. The quantitative estimate of drug-likeness (QED) is 0.940. The van der Waals surface area contributed by atoms with Crippen LogP contribution in [-0.4, -0.2) is 20.6 Å². The van der Waals surface area contributed by atoms with Gasteiger partial charge in [0.2, 0.25) is 12.2 Å². The second-order valence-corrected chi connectivity index (χ2v) is 5.22. The highest BCUT2D eigenvalue weighted by molar-refractivity contribution is 5.88. The Bertz CT molecular complexity index is 645. The van der Waals surface area contributed by atoms with Gasteiger partial charge in [0.15, 0.2) is 0 Å². The molecule has 0 spiro atoms. The Morgan fingerprint density at radius 2 is 2.05 bits per heavy atom. The molecule has 2 atom stereocenters.